The van der Waals surface area contributed by atoms with Crippen molar-refractivity contribution in [3.8, 4) is 0 Å². The normalized spacial score (nSPS) is 12.0. The molecule has 0 aliphatic rings. The highest BCUT2D eigenvalue weighted by molar-refractivity contribution is 6.34. The van der Waals surface area contributed by atoms with Crippen LogP contribution >= 0.6 is 23.2 Å². The first-order valence-corrected chi connectivity index (χ1v) is 10.1. The summed E-state index contributed by atoms with van der Waals surface area (Å²) in [6, 6.07) is 18.1. The first-order chi connectivity index (χ1) is 14.6. The van der Waals surface area contributed by atoms with Gasteiger partial charge in [-0.15, -0.1) is 0 Å². The van der Waals surface area contributed by atoms with Crippen LogP contribution in [0.25, 0.3) is 0 Å². The van der Waals surface area contributed by atoms with Crippen molar-refractivity contribution in [2.24, 2.45) is 4.99 Å². The molecule has 31 heavy (non-hydrogen) atoms. The van der Waals surface area contributed by atoms with Crippen LogP contribution in [-0.2, 0) is 12.6 Å². The van der Waals surface area contributed by atoms with E-state index in [1.807, 2.05) is 49.3 Å². The lowest BCUT2D eigenvalue weighted by Crippen LogP contribution is -2.18. The lowest BCUT2D eigenvalue weighted by molar-refractivity contribution is -0.137. The van der Waals surface area contributed by atoms with Gasteiger partial charge in [-0.1, -0.05) is 53.5 Å². The maximum absolute atomic E-state index is 13.0. The van der Waals surface area contributed by atoms with Gasteiger partial charge in [-0.25, -0.2) is 4.99 Å². The average molecular weight is 466 g/mol. The third kappa shape index (κ3) is 5.93. The van der Waals surface area contributed by atoms with Crippen LogP contribution in [0.2, 0.25) is 10.0 Å². The maximum atomic E-state index is 13.0. The molecule has 162 valence electrons. The molecular weight excluding hydrogens is 446 g/mol. The minimum atomic E-state index is -4.48. The number of nitrogens with one attached hydrogen (secondary N) is 1. The van der Waals surface area contributed by atoms with Crippen molar-refractivity contribution in [1.29, 1.82) is 0 Å². The molecule has 3 nitrogen and oxygen atoms in total. The van der Waals surface area contributed by atoms with Gasteiger partial charge in [0.25, 0.3) is 0 Å². The van der Waals surface area contributed by atoms with Gasteiger partial charge in [-0.3, -0.25) is 0 Å². The Labute approximate surface area is 189 Å². The molecule has 3 aromatic rings. The summed E-state index contributed by atoms with van der Waals surface area (Å²) in [5, 5.41) is 3.61. The summed E-state index contributed by atoms with van der Waals surface area (Å²) in [6.45, 7) is 0. The summed E-state index contributed by atoms with van der Waals surface area (Å²) < 4.78 is 38.9. The van der Waals surface area contributed by atoms with Crippen molar-refractivity contribution < 1.29 is 13.2 Å². The summed E-state index contributed by atoms with van der Waals surface area (Å²) in [4.78, 5) is 6.52. The molecule has 0 saturated heterocycles. The first-order valence-electron chi connectivity index (χ1n) is 9.36. The Kier molecular flexibility index (Phi) is 7.13. The van der Waals surface area contributed by atoms with Gasteiger partial charge in [0.2, 0.25) is 0 Å². The lowest BCUT2D eigenvalue weighted by atomic mass is 10.1. The predicted molar refractivity (Wildman–Crippen MR) is 123 cm³/mol. The Morgan fingerprint density at radius 2 is 1.61 bits per heavy atom. The van der Waals surface area contributed by atoms with Crippen molar-refractivity contribution in [1.82, 2.24) is 0 Å². The Balaban J connectivity index is 2.03. The molecule has 0 aliphatic carbocycles. The van der Waals surface area contributed by atoms with E-state index < -0.39 is 11.7 Å². The molecule has 0 aliphatic heterocycles. The molecule has 0 saturated carbocycles. The summed E-state index contributed by atoms with van der Waals surface area (Å²) in [5.41, 5.74) is 2.01. The molecule has 0 atom stereocenters. The van der Waals surface area contributed by atoms with Gasteiger partial charge in [0.1, 0.15) is 5.84 Å². The number of nitrogens with zero attached hydrogens (tertiary/aromatic N) is 2. The number of benzene rings is 3. The van der Waals surface area contributed by atoms with Gasteiger partial charge in [-0.05, 0) is 42.0 Å². The van der Waals surface area contributed by atoms with E-state index in [4.69, 9.17) is 23.2 Å². The van der Waals surface area contributed by atoms with Crippen LogP contribution in [0.1, 0.15) is 11.1 Å². The molecule has 0 bridgehead atoms. The molecular formula is C23H20Cl2F3N3. The fourth-order valence-electron chi connectivity index (χ4n) is 3.03. The standard InChI is InChI=1S/C23H20Cl2F3N3/c1-31(2)21-10-6-3-7-15(21)13-22(29-19-9-5-4-8-17(19)24)30-20-12-11-16(14-18(20)25)23(26,27)28/h3-12,14H,13H2,1-2H3,(H,29,30). The molecule has 1 N–H and O–H groups in total. The number of alkyl halides is 3. The second kappa shape index (κ2) is 9.62. The van der Waals surface area contributed by atoms with E-state index in [1.54, 1.807) is 18.2 Å². The smallest absolute Gasteiger partial charge is 0.377 e. The molecule has 3 rings (SSSR count). The fourth-order valence-corrected chi connectivity index (χ4v) is 3.43. The molecule has 0 aromatic heterocycles. The Morgan fingerprint density at radius 3 is 2.26 bits per heavy atom. The number of para-hydroxylation sites is 2. The van der Waals surface area contributed by atoms with Crippen LogP contribution < -0.4 is 10.2 Å². The molecule has 0 radical (unpaired) electrons. The highest BCUT2D eigenvalue weighted by Crippen LogP contribution is 2.35. The third-order valence-electron chi connectivity index (χ3n) is 4.51. The number of anilines is 2. The van der Waals surface area contributed by atoms with E-state index in [1.165, 1.54) is 6.07 Å². The van der Waals surface area contributed by atoms with E-state index in [-0.39, 0.29) is 10.7 Å². The summed E-state index contributed by atoms with van der Waals surface area (Å²) in [7, 11) is 3.87. The summed E-state index contributed by atoms with van der Waals surface area (Å²) >= 11 is 12.4. The molecule has 8 heteroatoms. The van der Waals surface area contributed by atoms with Crippen LogP contribution in [0.15, 0.2) is 71.7 Å². The van der Waals surface area contributed by atoms with Crippen molar-refractivity contribution in [2.75, 3.05) is 24.3 Å². The topological polar surface area (TPSA) is 27.6 Å². The minimum Gasteiger partial charge on any atom is -0.377 e. The van der Waals surface area contributed by atoms with Crippen molar-refractivity contribution in [2.45, 2.75) is 12.6 Å². The van der Waals surface area contributed by atoms with E-state index in [0.717, 1.165) is 23.4 Å². The van der Waals surface area contributed by atoms with E-state index in [2.05, 4.69) is 10.3 Å². The Bertz CT molecular complexity index is 1100. The lowest BCUT2D eigenvalue weighted by Gasteiger charge is -2.19. The van der Waals surface area contributed by atoms with Crippen molar-refractivity contribution >= 4 is 46.1 Å². The van der Waals surface area contributed by atoms with Gasteiger partial charge >= 0.3 is 6.18 Å². The van der Waals surface area contributed by atoms with Crippen LogP contribution in [0.5, 0.6) is 0 Å². The van der Waals surface area contributed by atoms with Crippen LogP contribution in [0, 0.1) is 0 Å². The molecule has 0 amide bonds. The van der Waals surface area contributed by atoms with Crippen molar-refractivity contribution in [3.63, 3.8) is 0 Å². The number of rotatable bonds is 5. The van der Waals surface area contributed by atoms with Gasteiger partial charge in [0.15, 0.2) is 0 Å². The largest absolute Gasteiger partial charge is 0.416 e. The van der Waals surface area contributed by atoms with Gasteiger partial charge in [0, 0.05) is 26.2 Å². The molecule has 0 heterocycles. The average Bonchev–Trinajstić information content (AvgIpc) is 2.70. The molecule has 0 unspecified atom stereocenters. The second-order valence-corrected chi connectivity index (χ2v) is 7.84. The molecule has 3 aromatic carbocycles. The van der Waals surface area contributed by atoms with Crippen LogP contribution in [0.4, 0.5) is 30.2 Å². The zero-order valence-electron chi connectivity index (χ0n) is 16.8. The summed E-state index contributed by atoms with van der Waals surface area (Å²) in [6.07, 6.45) is -4.09. The van der Waals surface area contributed by atoms with E-state index in [0.29, 0.717) is 23.0 Å². The Hall–Kier alpha value is -2.70. The van der Waals surface area contributed by atoms with Crippen molar-refractivity contribution in [3.05, 3.63) is 87.9 Å². The number of aliphatic imine (C=N–C) groups is 1. The predicted octanol–water partition coefficient (Wildman–Crippen LogP) is 7.46. The maximum Gasteiger partial charge on any atom is 0.416 e. The fraction of sp³-hybridized carbons (Fsp3) is 0.174. The van der Waals surface area contributed by atoms with Gasteiger partial charge in [0.05, 0.1) is 27.0 Å². The zero-order chi connectivity index (χ0) is 22.6. The SMILES string of the molecule is CN(C)c1ccccc1CC(=Nc1ccc(C(F)(F)F)cc1Cl)Nc1ccccc1Cl. The van der Waals surface area contributed by atoms with E-state index >= 15 is 0 Å². The monoisotopic (exact) mass is 465 g/mol. The van der Waals surface area contributed by atoms with Crippen LogP contribution in [0.3, 0.4) is 0 Å². The second-order valence-electron chi connectivity index (χ2n) is 7.03. The van der Waals surface area contributed by atoms with Gasteiger partial charge < -0.3 is 10.2 Å². The highest BCUT2D eigenvalue weighted by Gasteiger charge is 2.30. The molecule has 0 spiro atoms. The number of hydrogen-bond acceptors (Lipinski definition) is 2. The number of halogens is 5. The first kappa shape index (κ1) is 23.0. The number of hydrogen-bond donors (Lipinski definition) is 1. The third-order valence-corrected chi connectivity index (χ3v) is 5.15. The van der Waals surface area contributed by atoms with Crippen LogP contribution in [-0.4, -0.2) is 19.9 Å². The number of amidine groups is 1. The highest BCUT2D eigenvalue weighted by atomic mass is 35.5. The summed E-state index contributed by atoms with van der Waals surface area (Å²) in [5.74, 6) is 0.490. The van der Waals surface area contributed by atoms with E-state index in [9.17, 15) is 13.2 Å². The zero-order valence-corrected chi connectivity index (χ0v) is 18.4. The quantitative estimate of drug-likeness (QED) is 0.312. The van der Waals surface area contributed by atoms with Gasteiger partial charge in [-0.2, -0.15) is 13.2 Å². The Morgan fingerprint density at radius 1 is 0.935 bits per heavy atom. The molecule has 0 fully saturated rings. The minimum absolute atomic E-state index is 0.0887.